The first-order valence-electron chi connectivity index (χ1n) is 9.14. The molecule has 4 rings (SSSR count). The van der Waals surface area contributed by atoms with E-state index in [1.54, 1.807) is 13.2 Å². The van der Waals surface area contributed by atoms with E-state index in [9.17, 15) is 9.59 Å². The Bertz CT molecular complexity index is 1050. The van der Waals surface area contributed by atoms with E-state index < -0.39 is 11.9 Å². The average molecular weight is 392 g/mol. The highest BCUT2D eigenvalue weighted by atomic mass is 16.5. The van der Waals surface area contributed by atoms with Gasteiger partial charge in [-0.05, 0) is 24.1 Å². The molecule has 0 saturated heterocycles. The second kappa shape index (κ2) is 7.70. The molecule has 29 heavy (non-hydrogen) atoms. The molecule has 3 aromatic rings. The number of nitrogens with one attached hydrogen (secondary N) is 2. The molecule has 0 radical (unpaired) electrons. The molecule has 9 nitrogen and oxygen atoms in total. The standard InChI is InChI=1S/C20H20N6O3/c1-12-8-15-19(21-10-12)29-11-14(20(28)26(15)2)22-18(27)17-23-16(24-25-17)9-13-6-4-3-5-7-13/h3-8,10,14H,9,11H2,1-2H3,(H,22,27)(H,23,24,25)/t14-/m0/s1. The van der Waals surface area contributed by atoms with Crippen molar-refractivity contribution < 1.29 is 14.3 Å². The summed E-state index contributed by atoms with van der Waals surface area (Å²) >= 11 is 0. The molecular weight excluding hydrogens is 372 g/mol. The summed E-state index contributed by atoms with van der Waals surface area (Å²) in [5, 5.41) is 9.39. The average Bonchev–Trinajstić information content (AvgIpc) is 3.16. The number of aromatic amines is 1. The van der Waals surface area contributed by atoms with Crippen LogP contribution in [0.1, 0.15) is 27.6 Å². The molecule has 0 spiro atoms. The molecule has 2 N–H and O–H groups in total. The van der Waals surface area contributed by atoms with Crippen molar-refractivity contribution in [2.24, 2.45) is 0 Å². The summed E-state index contributed by atoms with van der Waals surface area (Å²) in [6.07, 6.45) is 2.19. The fourth-order valence-electron chi connectivity index (χ4n) is 3.07. The molecule has 0 aliphatic carbocycles. The van der Waals surface area contributed by atoms with E-state index in [1.165, 1.54) is 4.90 Å². The number of anilines is 1. The third-order valence-electron chi connectivity index (χ3n) is 4.60. The van der Waals surface area contributed by atoms with Crippen LogP contribution in [0.15, 0.2) is 42.6 Å². The molecule has 0 saturated carbocycles. The zero-order valence-electron chi connectivity index (χ0n) is 16.0. The lowest BCUT2D eigenvalue weighted by atomic mass is 10.1. The first kappa shape index (κ1) is 18.6. The van der Waals surface area contributed by atoms with Crippen LogP contribution in [0.5, 0.6) is 5.88 Å². The third kappa shape index (κ3) is 3.93. The van der Waals surface area contributed by atoms with E-state index >= 15 is 0 Å². The van der Waals surface area contributed by atoms with Crippen LogP contribution in [-0.2, 0) is 11.2 Å². The summed E-state index contributed by atoms with van der Waals surface area (Å²) in [5.74, 6) is 0.0397. The van der Waals surface area contributed by atoms with Crippen LogP contribution in [-0.4, -0.2) is 51.7 Å². The van der Waals surface area contributed by atoms with E-state index in [-0.39, 0.29) is 18.3 Å². The third-order valence-corrected chi connectivity index (χ3v) is 4.60. The molecule has 0 unspecified atom stereocenters. The molecule has 3 heterocycles. The molecular formula is C20H20N6O3. The Morgan fingerprint density at radius 1 is 1.34 bits per heavy atom. The van der Waals surface area contributed by atoms with Crippen molar-refractivity contribution in [1.82, 2.24) is 25.5 Å². The van der Waals surface area contributed by atoms with Crippen LogP contribution in [0.2, 0.25) is 0 Å². The van der Waals surface area contributed by atoms with E-state index in [0.717, 1.165) is 11.1 Å². The van der Waals surface area contributed by atoms with Crippen LogP contribution < -0.4 is 15.0 Å². The molecule has 1 aromatic carbocycles. The lowest BCUT2D eigenvalue weighted by Gasteiger charge is -2.19. The number of amides is 2. The smallest absolute Gasteiger partial charge is 0.291 e. The van der Waals surface area contributed by atoms with Gasteiger partial charge in [0.15, 0.2) is 0 Å². The predicted octanol–water partition coefficient (Wildman–Crippen LogP) is 1.25. The van der Waals surface area contributed by atoms with E-state index in [0.29, 0.717) is 23.8 Å². The van der Waals surface area contributed by atoms with Gasteiger partial charge in [0.1, 0.15) is 24.2 Å². The molecule has 148 valence electrons. The van der Waals surface area contributed by atoms with Crippen molar-refractivity contribution in [3.05, 3.63) is 65.4 Å². The molecule has 2 amide bonds. The molecule has 1 aliphatic rings. The lowest BCUT2D eigenvalue weighted by Crippen LogP contribution is -2.49. The number of fused-ring (bicyclic) bond motifs is 1. The number of ether oxygens (including phenoxy) is 1. The van der Waals surface area contributed by atoms with Crippen molar-refractivity contribution in [2.75, 3.05) is 18.6 Å². The minimum Gasteiger partial charge on any atom is -0.473 e. The zero-order chi connectivity index (χ0) is 20.4. The number of nitrogens with zero attached hydrogens (tertiary/aromatic N) is 4. The number of carbonyl (C=O) groups is 2. The Morgan fingerprint density at radius 2 is 2.14 bits per heavy atom. The van der Waals surface area contributed by atoms with Crippen molar-refractivity contribution in [2.45, 2.75) is 19.4 Å². The minimum absolute atomic E-state index is 0.0258. The summed E-state index contributed by atoms with van der Waals surface area (Å²) in [7, 11) is 1.63. The monoisotopic (exact) mass is 392 g/mol. The van der Waals surface area contributed by atoms with Crippen molar-refractivity contribution in [3.8, 4) is 5.88 Å². The van der Waals surface area contributed by atoms with Gasteiger partial charge in [-0.25, -0.2) is 9.97 Å². The maximum atomic E-state index is 12.8. The van der Waals surface area contributed by atoms with Gasteiger partial charge in [-0.2, -0.15) is 0 Å². The van der Waals surface area contributed by atoms with Crippen LogP contribution >= 0.6 is 0 Å². The SMILES string of the molecule is Cc1cnc2c(c1)N(C)C(=O)[C@@H](NC(=O)c1n[nH]c(Cc3ccccc3)n1)CO2. The number of aromatic nitrogens is 4. The quantitative estimate of drug-likeness (QED) is 0.691. The predicted molar refractivity (Wildman–Crippen MR) is 105 cm³/mol. The first-order valence-corrected chi connectivity index (χ1v) is 9.14. The Hall–Kier alpha value is -3.75. The van der Waals surface area contributed by atoms with E-state index in [4.69, 9.17) is 4.74 Å². The fraction of sp³-hybridized carbons (Fsp3) is 0.250. The topological polar surface area (TPSA) is 113 Å². The van der Waals surface area contributed by atoms with Crippen LogP contribution in [0.4, 0.5) is 5.69 Å². The van der Waals surface area contributed by atoms with Crippen LogP contribution in [0.3, 0.4) is 0 Å². The van der Waals surface area contributed by atoms with Gasteiger partial charge in [-0.3, -0.25) is 14.7 Å². The van der Waals surface area contributed by atoms with Gasteiger partial charge in [0.25, 0.3) is 11.8 Å². The maximum absolute atomic E-state index is 12.8. The number of aryl methyl sites for hydroxylation is 1. The van der Waals surface area contributed by atoms with Gasteiger partial charge in [0.05, 0.1) is 0 Å². The van der Waals surface area contributed by atoms with Crippen molar-refractivity contribution in [3.63, 3.8) is 0 Å². The number of hydrogen-bond donors (Lipinski definition) is 2. The molecule has 0 bridgehead atoms. The number of pyridine rings is 1. The summed E-state index contributed by atoms with van der Waals surface area (Å²) in [4.78, 5) is 35.2. The van der Waals surface area contributed by atoms with Crippen molar-refractivity contribution in [1.29, 1.82) is 0 Å². The molecule has 1 atom stereocenters. The highest BCUT2D eigenvalue weighted by Crippen LogP contribution is 2.28. The zero-order valence-corrected chi connectivity index (χ0v) is 16.0. The summed E-state index contributed by atoms with van der Waals surface area (Å²) < 4.78 is 5.64. The van der Waals surface area contributed by atoms with Gasteiger partial charge in [-0.1, -0.05) is 30.3 Å². The van der Waals surface area contributed by atoms with Crippen LogP contribution in [0.25, 0.3) is 0 Å². The Morgan fingerprint density at radius 3 is 2.93 bits per heavy atom. The summed E-state index contributed by atoms with van der Waals surface area (Å²) in [6.45, 7) is 1.85. The minimum atomic E-state index is -0.877. The fourth-order valence-corrected chi connectivity index (χ4v) is 3.07. The number of likely N-dealkylation sites (N-methyl/N-ethyl adjacent to an activating group) is 1. The van der Waals surface area contributed by atoms with Gasteiger partial charge in [-0.15, -0.1) is 5.10 Å². The van der Waals surface area contributed by atoms with Gasteiger partial charge in [0.2, 0.25) is 11.7 Å². The molecule has 2 aromatic heterocycles. The second-order valence-corrected chi connectivity index (χ2v) is 6.84. The first-order chi connectivity index (χ1) is 14.0. The number of rotatable bonds is 4. The summed E-state index contributed by atoms with van der Waals surface area (Å²) in [6, 6.07) is 10.7. The number of H-pyrrole nitrogens is 1. The Kier molecular flexibility index (Phi) is 4.94. The highest BCUT2D eigenvalue weighted by Gasteiger charge is 2.32. The van der Waals surface area contributed by atoms with Gasteiger partial charge in [0, 0.05) is 19.7 Å². The Balaban J connectivity index is 1.45. The normalized spacial score (nSPS) is 16.0. The van der Waals surface area contributed by atoms with Crippen LogP contribution in [0, 0.1) is 6.92 Å². The molecule has 0 fully saturated rings. The van der Waals surface area contributed by atoms with E-state index in [1.807, 2.05) is 43.3 Å². The number of benzene rings is 1. The lowest BCUT2D eigenvalue weighted by molar-refractivity contribution is -0.120. The van der Waals surface area contributed by atoms with Gasteiger partial charge < -0.3 is 15.0 Å². The number of hydrogen-bond acceptors (Lipinski definition) is 6. The van der Waals surface area contributed by atoms with Gasteiger partial charge >= 0.3 is 0 Å². The highest BCUT2D eigenvalue weighted by molar-refractivity contribution is 6.02. The largest absolute Gasteiger partial charge is 0.473 e. The summed E-state index contributed by atoms with van der Waals surface area (Å²) in [5.41, 5.74) is 2.51. The van der Waals surface area contributed by atoms with Crippen molar-refractivity contribution >= 4 is 17.5 Å². The molecule has 1 aliphatic heterocycles. The number of carbonyl (C=O) groups excluding carboxylic acids is 2. The second-order valence-electron chi connectivity index (χ2n) is 6.84. The van der Waals surface area contributed by atoms with E-state index in [2.05, 4.69) is 25.5 Å². The Labute approximate surface area is 167 Å². The maximum Gasteiger partial charge on any atom is 0.291 e. The molecule has 9 heteroatoms.